The minimum absolute atomic E-state index is 0. The third kappa shape index (κ3) is 4.04. The molecule has 1 N–H and O–H groups in total. The number of pyridine rings is 2. The molecule has 178 valence electrons. The smallest absolute Gasteiger partial charge is 0.163 e. The second-order valence-corrected chi connectivity index (χ2v) is 11.0. The predicted octanol–water partition coefficient (Wildman–Crippen LogP) is 6.09. The largest absolute Gasteiger partial charge is 0.356 e. The fourth-order valence-corrected chi connectivity index (χ4v) is 5.15. The highest BCUT2D eigenvalue weighted by Crippen LogP contribution is 2.45. The number of H-pyrrole nitrogens is 1. The van der Waals surface area contributed by atoms with Crippen molar-refractivity contribution < 1.29 is 0 Å². The van der Waals surface area contributed by atoms with Crippen molar-refractivity contribution in [1.82, 2.24) is 24.9 Å². The lowest BCUT2D eigenvalue weighted by Gasteiger charge is -2.33. The van der Waals surface area contributed by atoms with Gasteiger partial charge in [0.15, 0.2) is 5.82 Å². The number of aromatic nitrogens is 5. The number of rotatable bonds is 3. The minimum Gasteiger partial charge on any atom is -0.356 e. The second kappa shape index (κ2) is 8.52. The quantitative estimate of drug-likeness (QED) is 0.389. The number of nitrogens with one attached hydrogen (secondary N) is 1. The number of hydrogen-bond donors (Lipinski definition) is 1. The average molecular weight is 475 g/mol. The lowest BCUT2D eigenvalue weighted by Crippen LogP contribution is -2.35. The fraction of sp³-hybridized carbons (Fsp3) is 0.481. The maximum Gasteiger partial charge on any atom is 0.163 e. The van der Waals surface area contributed by atoms with Gasteiger partial charge in [0.25, 0.3) is 0 Å². The van der Waals surface area contributed by atoms with Crippen molar-refractivity contribution >= 4 is 41.2 Å². The Labute approximate surface area is 208 Å². The molecule has 1 saturated carbocycles. The summed E-state index contributed by atoms with van der Waals surface area (Å²) >= 11 is 0. The number of nitrogens with zero attached hydrogens (tertiary/aromatic N) is 5. The van der Waals surface area contributed by atoms with Gasteiger partial charge in [0.1, 0.15) is 11.5 Å². The van der Waals surface area contributed by atoms with Crippen LogP contribution in [0.5, 0.6) is 0 Å². The minimum atomic E-state index is 0. The third-order valence-electron chi connectivity index (χ3n) is 7.17. The molecule has 0 radical (unpaired) electrons. The van der Waals surface area contributed by atoms with Gasteiger partial charge in [-0.05, 0) is 55.2 Å². The van der Waals surface area contributed by atoms with E-state index in [1.807, 2.05) is 24.7 Å². The monoisotopic (exact) mass is 474 g/mol. The zero-order valence-corrected chi connectivity index (χ0v) is 21.5. The summed E-state index contributed by atoms with van der Waals surface area (Å²) in [4.78, 5) is 25.5. The Balaban J connectivity index is 0.00000241. The Morgan fingerprint density at radius 2 is 1.91 bits per heavy atom. The van der Waals surface area contributed by atoms with Gasteiger partial charge in [-0.3, -0.25) is 4.98 Å². The Morgan fingerprint density at radius 1 is 1.09 bits per heavy atom. The highest BCUT2D eigenvalue weighted by Gasteiger charge is 2.30. The van der Waals surface area contributed by atoms with Gasteiger partial charge in [-0.2, -0.15) is 13.5 Å². The van der Waals surface area contributed by atoms with E-state index >= 15 is 0 Å². The van der Waals surface area contributed by atoms with Crippen LogP contribution in [0.25, 0.3) is 33.3 Å². The number of fused-ring (bicyclic) bond motifs is 2. The van der Waals surface area contributed by atoms with Crippen LogP contribution in [0, 0.1) is 5.92 Å². The van der Waals surface area contributed by atoms with E-state index in [0.717, 1.165) is 46.8 Å². The van der Waals surface area contributed by atoms with E-state index in [1.165, 1.54) is 42.3 Å². The first-order chi connectivity index (χ1) is 15.9. The van der Waals surface area contributed by atoms with Gasteiger partial charge < -0.3 is 9.88 Å². The molecule has 1 aliphatic carbocycles. The number of piperidine rings is 1. The summed E-state index contributed by atoms with van der Waals surface area (Å²) in [7, 11) is 0. The van der Waals surface area contributed by atoms with Crippen LogP contribution in [-0.4, -0.2) is 38.0 Å². The fourth-order valence-electron chi connectivity index (χ4n) is 5.15. The number of aromatic amines is 1. The molecule has 5 heterocycles. The maximum absolute atomic E-state index is 5.27. The van der Waals surface area contributed by atoms with Crippen molar-refractivity contribution in [3.05, 3.63) is 42.0 Å². The maximum atomic E-state index is 5.27. The molecule has 4 aromatic rings. The molecule has 6 rings (SSSR count). The molecular weight excluding hydrogens is 440 g/mol. The highest BCUT2D eigenvalue weighted by atomic mass is 32.1. The van der Waals surface area contributed by atoms with Crippen LogP contribution in [0.2, 0.25) is 0 Å². The Hall–Kier alpha value is -2.67. The summed E-state index contributed by atoms with van der Waals surface area (Å²) < 4.78 is 0. The van der Waals surface area contributed by atoms with Crippen LogP contribution in [0.1, 0.15) is 70.6 Å². The van der Waals surface area contributed by atoms with Crippen LogP contribution < -0.4 is 4.90 Å². The standard InChI is InChI=1S/C27H32N6.H2S/c1-16-6-5-11-33(15-16)26-23-20(17-7-8-17)13-28-14-21(23)30-25(32-26)18-9-10-29-24-19(18)12-22(31-24)27(2,3)4;/h9-10,12-14,16-17H,5-8,11,15H2,1-4H3,(H,29,31);1H2/t16-;/m1./s1. The van der Waals surface area contributed by atoms with Gasteiger partial charge >= 0.3 is 0 Å². The van der Waals surface area contributed by atoms with Crippen molar-refractivity contribution in [3.63, 3.8) is 0 Å². The molecule has 0 bridgehead atoms. The van der Waals surface area contributed by atoms with Crippen molar-refractivity contribution in [3.8, 4) is 11.4 Å². The first-order valence-electron chi connectivity index (χ1n) is 12.3. The summed E-state index contributed by atoms with van der Waals surface area (Å²) in [6.45, 7) is 11.1. The topological polar surface area (TPSA) is 70.6 Å². The lowest BCUT2D eigenvalue weighted by atomic mass is 9.92. The van der Waals surface area contributed by atoms with E-state index in [1.54, 1.807) is 0 Å². The molecule has 0 unspecified atom stereocenters. The molecule has 2 fully saturated rings. The molecule has 1 aliphatic heterocycles. The van der Waals surface area contributed by atoms with E-state index in [9.17, 15) is 0 Å². The molecule has 4 aromatic heterocycles. The van der Waals surface area contributed by atoms with E-state index < -0.39 is 0 Å². The van der Waals surface area contributed by atoms with Gasteiger partial charge in [0.05, 0.1) is 11.7 Å². The van der Waals surface area contributed by atoms with Gasteiger partial charge in [-0.15, -0.1) is 0 Å². The molecule has 6 nitrogen and oxygen atoms in total. The van der Waals surface area contributed by atoms with Crippen LogP contribution in [0.4, 0.5) is 5.82 Å². The molecule has 2 aliphatic rings. The molecule has 0 spiro atoms. The van der Waals surface area contributed by atoms with Gasteiger partial charge in [-0.1, -0.05) is 27.7 Å². The summed E-state index contributed by atoms with van der Waals surface area (Å²) in [5, 5.41) is 2.28. The molecule has 0 amide bonds. The molecule has 0 aromatic carbocycles. The Morgan fingerprint density at radius 3 is 2.65 bits per heavy atom. The Kier molecular flexibility index (Phi) is 5.79. The van der Waals surface area contributed by atoms with E-state index in [2.05, 4.69) is 53.6 Å². The first kappa shape index (κ1) is 23.1. The molecule has 34 heavy (non-hydrogen) atoms. The van der Waals surface area contributed by atoms with Crippen molar-refractivity contribution in [2.45, 2.75) is 64.7 Å². The number of anilines is 1. The first-order valence-corrected chi connectivity index (χ1v) is 12.3. The molecule has 1 saturated heterocycles. The van der Waals surface area contributed by atoms with E-state index in [4.69, 9.17) is 9.97 Å². The highest BCUT2D eigenvalue weighted by molar-refractivity contribution is 7.59. The van der Waals surface area contributed by atoms with Crippen LogP contribution in [-0.2, 0) is 5.41 Å². The van der Waals surface area contributed by atoms with E-state index in [-0.39, 0.29) is 18.9 Å². The summed E-state index contributed by atoms with van der Waals surface area (Å²) in [5.41, 5.74) is 5.37. The summed E-state index contributed by atoms with van der Waals surface area (Å²) in [5.74, 6) is 3.12. The van der Waals surface area contributed by atoms with Crippen LogP contribution >= 0.6 is 13.5 Å². The van der Waals surface area contributed by atoms with E-state index in [0.29, 0.717) is 11.8 Å². The Bertz CT molecular complexity index is 1350. The molecule has 7 heteroatoms. The van der Waals surface area contributed by atoms with Gasteiger partial charge in [0, 0.05) is 52.9 Å². The second-order valence-electron chi connectivity index (χ2n) is 11.0. The van der Waals surface area contributed by atoms with Crippen molar-refractivity contribution in [1.29, 1.82) is 0 Å². The van der Waals surface area contributed by atoms with Crippen LogP contribution in [0.15, 0.2) is 30.7 Å². The third-order valence-corrected chi connectivity index (χ3v) is 7.17. The zero-order valence-electron chi connectivity index (χ0n) is 20.5. The van der Waals surface area contributed by atoms with Crippen molar-refractivity contribution in [2.24, 2.45) is 5.92 Å². The average Bonchev–Trinajstić information content (AvgIpc) is 3.54. The predicted molar refractivity (Wildman–Crippen MR) is 144 cm³/mol. The normalized spacial score (nSPS) is 18.9. The SMILES string of the molecule is C[C@@H]1CCCN(c2nc(-c3ccnc4[nH]c(C(C)(C)C)cc34)nc3cncc(C4CC4)c23)C1.S. The number of hydrogen-bond acceptors (Lipinski definition) is 5. The zero-order chi connectivity index (χ0) is 22.7. The van der Waals surface area contributed by atoms with Crippen LogP contribution in [0.3, 0.4) is 0 Å². The van der Waals surface area contributed by atoms with Gasteiger partial charge in [-0.25, -0.2) is 15.0 Å². The van der Waals surface area contributed by atoms with Gasteiger partial charge in [0.2, 0.25) is 0 Å². The molecule has 1 atom stereocenters. The molecular formula is C27H34N6S. The summed E-state index contributed by atoms with van der Waals surface area (Å²) in [6.07, 6.45) is 10.8. The summed E-state index contributed by atoms with van der Waals surface area (Å²) in [6, 6.07) is 4.26. The lowest BCUT2D eigenvalue weighted by molar-refractivity contribution is 0.445. The van der Waals surface area contributed by atoms with Crippen molar-refractivity contribution in [2.75, 3.05) is 18.0 Å².